The summed E-state index contributed by atoms with van der Waals surface area (Å²) in [6, 6.07) is 10.4. The van der Waals surface area contributed by atoms with Crippen LogP contribution in [-0.2, 0) is 19.4 Å². The third-order valence-corrected chi connectivity index (χ3v) is 3.59. The molecule has 0 saturated heterocycles. The lowest BCUT2D eigenvalue weighted by molar-refractivity contribution is 0.604. The van der Waals surface area contributed by atoms with Gasteiger partial charge < -0.3 is 10.3 Å². The van der Waals surface area contributed by atoms with E-state index in [4.69, 9.17) is 10.7 Å². The molecule has 0 radical (unpaired) electrons. The Bertz CT molecular complexity index is 529. The lowest BCUT2D eigenvalue weighted by Crippen LogP contribution is -2.07. The predicted molar refractivity (Wildman–Crippen MR) is 84.8 cm³/mol. The Morgan fingerprint density at radius 3 is 2.50 bits per heavy atom. The summed E-state index contributed by atoms with van der Waals surface area (Å²) >= 11 is 0. The van der Waals surface area contributed by atoms with Gasteiger partial charge in [-0.2, -0.15) is 0 Å². The van der Waals surface area contributed by atoms with Crippen LogP contribution in [0.2, 0.25) is 0 Å². The summed E-state index contributed by atoms with van der Waals surface area (Å²) in [5, 5.41) is 0. The monoisotopic (exact) mass is 271 g/mol. The van der Waals surface area contributed by atoms with E-state index in [0.717, 1.165) is 49.6 Å². The standard InChI is InChI=1S/C17H25N3/c1-3-5-12-20-16(9-4-2)19-15(17(20)18)13-14-10-7-6-8-11-14/h6-8,10-11H,3-5,9,12-13,18H2,1-2H3. The number of nitrogens with two attached hydrogens (primary N) is 1. The minimum atomic E-state index is 0.822. The van der Waals surface area contributed by atoms with Crippen molar-refractivity contribution >= 4 is 5.82 Å². The lowest BCUT2D eigenvalue weighted by atomic mass is 10.1. The Morgan fingerprint density at radius 1 is 1.10 bits per heavy atom. The van der Waals surface area contributed by atoms with Crippen LogP contribution in [0.5, 0.6) is 0 Å². The van der Waals surface area contributed by atoms with Crippen molar-refractivity contribution in [3.8, 4) is 0 Å². The Balaban J connectivity index is 2.24. The van der Waals surface area contributed by atoms with Crippen LogP contribution < -0.4 is 5.73 Å². The van der Waals surface area contributed by atoms with Crippen molar-refractivity contribution in [2.75, 3.05) is 5.73 Å². The molecule has 0 aliphatic rings. The molecular formula is C17H25N3. The van der Waals surface area contributed by atoms with Crippen molar-refractivity contribution in [2.45, 2.75) is 52.5 Å². The summed E-state index contributed by atoms with van der Waals surface area (Å²) in [4.78, 5) is 4.79. The van der Waals surface area contributed by atoms with E-state index in [1.54, 1.807) is 0 Å². The van der Waals surface area contributed by atoms with E-state index in [0.29, 0.717) is 0 Å². The molecule has 0 fully saturated rings. The first-order chi connectivity index (χ1) is 9.76. The molecule has 0 atom stereocenters. The topological polar surface area (TPSA) is 43.8 Å². The highest BCUT2D eigenvalue weighted by atomic mass is 15.1. The van der Waals surface area contributed by atoms with E-state index in [1.807, 2.05) is 6.07 Å². The number of rotatable bonds is 7. The molecule has 2 rings (SSSR count). The van der Waals surface area contributed by atoms with E-state index < -0.39 is 0 Å². The maximum Gasteiger partial charge on any atom is 0.127 e. The smallest absolute Gasteiger partial charge is 0.127 e. The number of nitrogens with zero attached hydrogens (tertiary/aromatic N) is 2. The zero-order chi connectivity index (χ0) is 14.4. The predicted octanol–water partition coefficient (Wildman–Crippen LogP) is 3.81. The molecule has 0 bridgehead atoms. The van der Waals surface area contributed by atoms with Crippen LogP contribution in [0, 0.1) is 0 Å². The molecule has 2 aromatic rings. The summed E-state index contributed by atoms with van der Waals surface area (Å²) < 4.78 is 2.21. The second kappa shape index (κ2) is 7.13. The molecule has 0 amide bonds. The molecule has 1 aromatic carbocycles. The van der Waals surface area contributed by atoms with Crippen LogP contribution >= 0.6 is 0 Å². The van der Waals surface area contributed by atoms with Gasteiger partial charge >= 0.3 is 0 Å². The van der Waals surface area contributed by atoms with Crippen LogP contribution in [0.4, 0.5) is 5.82 Å². The first-order valence-electron chi connectivity index (χ1n) is 7.63. The summed E-state index contributed by atoms with van der Waals surface area (Å²) in [7, 11) is 0. The Morgan fingerprint density at radius 2 is 1.85 bits per heavy atom. The van der Waals surface area contributed by atoms with Crippen molar-refractivity contribution in [1.82, 2.24) is 9.55 Å². The van der Waals surface area contributed by atoms with Gasteiger partial charge in [-0.1, -0.05) is 50.6 Å². The van der Waals surface area contributed by atoms with Crippen molar-refractivity contribution in [3.05, 3.63) is 47.4 Å². The molecule has 2 N–H and O–H groups in total. The SMILES string of the molecule is CCCCn1c(CCC)nc(Cc2ccccc2)c1N. The average Bonchev–Trinajstić information content (AvgIpc) is 2.74. The van der Waals surface area contributed by atoms with Gasteiger partial charge in [0.25, 0.3) is 0 Å². The highest BCUT2D eigenvalue weighted by Gasteiger charge is 2.14. The van der Waals surface area contributed by atoms with Gasteiger partial charge in [0.05, 0.1) is 5.69 Å². The van der Waals surface area contributed by atoms with E-state index in [9.17, 15) is 0 Å². The first-order valence-corrected chi connectivity index (χ1v) is 7.63. The second-order valence-electron chi connectivity index (χ2n) is 5.28. The highest BCUT2D eigenvalue weighted by molar-refractivity contribution is 5.41. The number of unbranched alkanes of at least 4 members (excludes halogenated alkanes) is 1. The number of aryl methyl sites for hydroxylation is 1. The van der Waals surface area contributed by atoms with Crippen molar-refractivity contribution in [2.24, 2.45) is 0 Å². The van der Waals surface area contributed by atoms with Gasteiger partial charge in [0.15, 0.2) is 0 Å². The zero-order valence-electron chi connectivity index (χ0n) is 12.6. The zero-order valence-corrected chi connectivity index (χ0v) is 12.6. The van der Waals surface area contributed by atoms with Gasteiger partial charge in [-0.3, -0.25) is 0 Å². The maximum absolute atomic E-state index is 6.32. The second-order valence-corrected chi connectivity index (χ2v) is 5.28. The fourth-order valence-corrected chi connectivity index (χ4v) is 2.47. The number of nitrogen functional groups attached to an aromatic ring is 1. The molecule has 0 aliphatic carbocycles. The molecule has 3 heteroatoms. The lowest BCUT2D eigenvalue weighted by Gasteiger charge is -2.08. The number of hydrogen-bond acceptors (Lipinski definition) is 2. The third kappa shape index (κ3) is 3.41. The van der Waals surface area contributed by atoms with Gasteiger partial charge in [0.1, 0.15) is 11.6 Å². The van der Waals surface area contributed by atoms with Crippen molar-refractivity contribution in [3.63, 3.8) is 0 Å². The Hall–Kier alpha value is -1.77. The quantitative estimate of drug-likeness (QED) is 0.832. The number of anilines is 1. The van der Waals surface area contributed by atoms with Crippen LogP contribution in [-0.4, -0.2) is 9.55 Å². The highest BCUT2D eigenvalue weighted by Crippen LogP contribution is 2.20. The van der Waals surface area contributed by atoms with E-state index >= 15 is 0 Å². The van der Waals surface area contributed by atoms with E-state index in [-0.39, 0.29) is 0 Å². The summed E-state index contributed by atoms with van der Waals surface area (Å²) in [6.45, 7) is 5.38. The molecule has 20 heavy (non-hydrogen) atoms. The van der Waals surface area contributed by atoms with Gasteiger partial charge in [0, 0.05) is 19.4 Å². The fourth-order valence-electron chi connectivity index (χ4n) is 2.47. The third-order valence-electron chi connectivity index (χ3n) is 3.59. The molecule has 3 nitrogen and oxygen atoms in total. The molecule has 0 unspecified atom stereocenters. The number of hydrogen-bond donors (Lipinski definition) is 1. The molecular weight excluding hydrogens is 246 g/mol. The maximum atomic E-state index is 6.32. The van der Waals surface area contributed by atoms with Gasteiger partial charge in [-0.05, 0) is 18.4 Å². The van der Waals surface area contributed by atoms with Gasteiger partial charge in [-0.15, -0.1) is 0 Å². The van der Waals surface area contributed by atoms with Gasteiger partial charge in [-0.25, -0.2) is 4.98 Å². The van der Waals surface area contributed by atoms with E-state index in [1.165, 1.54) is 12.0 Å². The van der Waals surface area contributed by atoms with Crippen LogP contribution in [0.25, 0.3) is 0 Å². The number of imidazole rings is 1. The Labute approximate surface area is 121 Å². The van der Waals surface area contributed by atoms with Crippen molar-refractivity contribution in [1.29, 1.82) is 0 Å². The summed E-state index contributed by atoms with van der Waals surface area (Å²) in [6.07, 6.45) is 5.26. The molecule has 0 saturated carbocycles. The minimum Gasteiger partial charge on any atom is -0.384 e. The largest absolute Gasteiger partial charge is 0.384 e. The van der Waals surface area contributed by atoms with Gasteiger partial charge in [0.2, 0.25) is 0 Å². The normalized spacial score (nSPS) is 10.9. The van der Waals surface area contributed by atoms with Crippen LogP contribution in [0.3, 0.4) is 0 Å². The van der Waals surface area contributed by atoms with Crippen LogP contribution in [0.1, 0.15) is 50.2 Å². The fraction of sp³-hybridized carbons (Fsp3) is 0.471. The molecule has 1 heterocycles. The molecule has 108 valence electrons. The Kier molecular flexibility index (Phi) is 5.22. The van der Waals surface area contributed by atoms with E-state index in [2.05, 4.69) is 42.7 Å². The summed E-state index contributed by atoms with van der Waals surface area (Å²) in [5.41, 5.74) is 8.61. The first kappa shape index (κ1) is 14.6. The minimum absolute atomic E-state index is 0.822. The average molecular weight is 271 g/mol. The number of aromatic nitrogens is 2. The number of benzene rings is 1. The molecule has 0 aliphatic heterocycles. The van der Waals surface area contributed by atoms with Crippen molar-refractivity contribution < 1.29 is 0 Å². The molecule has 0 spiro atoms. The van der Waals surface area contributed by atoms with Crippen LogP contribution in [0.15, 0.2) is 30.3 Å². The summed E-state index contributed by atoms with van der Waals surface area (Å²) in [5.74, 6) is 2.00. The molecule has 1 aromatic heterocycles.